The third-order valence-electron chi connectivity index (χ3n) is 4.02. The second kappa shape index (κ2) is 6.93. The summed E-state index contributed by atoms with van der Waals surface area (Å²) >= 11 is 0. The van der Waals surface area contributed by atoms with Gasteiger partial charge in [-0.25, -0.2) is 28.1 Å². The maximum Gasteiger partial charge on any atom is 0.417 e. The van der Waals surface area contributed by atoms with E-state index in [9.17, 15) is 23.3 Å². The molecule has 1 aliphatic rings. The molecule has 0 spiro atoms. The third-order valence-corrected chi connectivity index (χ3v) is 4.88. The van der Waals surface area contributed by atoms with Crippen LogP contribution in [0.15, 0.2) is 29.6 Å². The fourth-order valence-electron chi connectivity index (χ4n) is 2.76. The van der Waals surface area contributed by atoms with E-state index < -0.39 is 32.6 Å². The molecule has 1 aromatic heterocycles. The molecule has 0 atom stereocenters. The molecule has 0 bridgehead atoms. The number of carbonyl (C=O) groups is 2. The number of nitrogens with zero attached hydrogens (tertiary/aromatic N) is 4. The van der Waals surface area contributed by atoms with Crippen molar-refractivity contribution in [2.75, 3.05) is 6.26 Å². The highest BCUT2D eigenvalue weighted by molar-refractivity contribution is 7.90. The van der Waals surface area contributed by atoms with E-state index in [1.54, 1.807) is 32.9 Å². The number of rotatable bonds is 2. The molecular formula is C19H18N4O5S. The summed E-state index contributed by atoms with van der Waals surface area (Å²) in [4.78, 5) is 33.7. The van der Waals surface area contributed by atoms with Gasteiger partial charge >= 0.3 is 6.09 Å². The minimum atomic E-state index is -3.69. The van der Waals surface area contributed by atoms with Crippen LogP contribution in [0.25, 0.3) is 11.3 Å². The van der Waals surface area contributed by atoms with Gasteiger partial charge in [-0.05, 0) is 32.4 Å². The molecule has 1 aromatic carbocycles. The van der Waals surface area contributed by atoms with E-state index in [0.717, 1.165) is 17.4 Å². The number of benzene rings is 1. The van der Waals surface area contributed by atoms with Crippen LogP contribution in [-0.4, -0.2) is 47.1 Å². The van der Waals surface area contributed by atoms with Gasteiger partial charge in [0.05, 0.1) is 24.0 Å². The van der Waals surface area contributed by atoms with Crippen molar-refractivity contribution in [1.29, 1.82) is 5.26 Å². The summed E-state index contributed by atoms with van der Waals surface area (Å²) in [5, 5.41) is 8.90. The minimum Gasteiger partial charge on any atom is -0.443 e. The predicted molar refractivity (Wildman–Crippen MR) is 101 cm³/mol. The van der Waals surface area contributed by atoms with Crippen LogP contribution in [0.3, 0.4) is 0 Å². The molecule has 2 aromatic rings. The summed E-state index contributed by atoms with van der Waals surface area (Å²) in [6.07, 6.45) is 1.34. The average molecular weight is 414 g/mol. The van der Waals surface area contributed by atoms with Gasteiger partial charge in [0.15, 0.2) is 0 Å². The van der Waals surface area contributed by atoms with Gasteiger partial charge < -0.3 is 4.74 Å². The molecule has 2 amide bonds. The Hall–Kier alpha value is -3.32. The summed E-state index contributed by atoms with van der Waals surface area (Å²) in [6, 6.07) is 6.64. The fourth-order valence-corrected chi connectivity index (χ4v) is 3.26. The predicted octanol–water partition coefficient (Wildman–Crippen LogP) is 2.31. The highest BCUT2D eigenvalue weighted by Crippen LogP contribution is 2.30. The minimum absolute atomic E-state index is 0.0618. The van der Waals surface area contributed by atoms with Gasteiger partial charge in [0, 0.05) is 17.4 Å². The summed E-state index contributed by atoms with van der Waals surface area (Å²) in [5.41, 5.74) is 0.646. The zero-order valence-electron chi connectivity index (χ0n) is 16.3. The fraction of sp³-hybridized carbons (Fsp3) is 0.316. The lowest BCUT2D eigenvalue weighted by Crippen LogP contribution is -2.36. The van der Waals surface area contributed by atoms with E-state index in [4.69, 9.17) is 4.74 Å². The van der Waals surface area contributed by atoms with Crippen LogP contribution in [0.5, 0.6) is 0 Å². The zero-order valence-corrected chi connectivity index (χ0v) is 17.1. The molecule has 0 unspecified atom stereocenters. The van der Waals surface area contributed by atoms with Crippen molar-refractivity contribution < 1.29 is 22.7 Å². The first kappa shape index (κ1) is 20.4. The number of fused-ring (bicyclic) bond motifs is 1. The van der Waals surface area contributed by atoms with Crippen LogP contribution in [0.1, 0.15) is 42.3 Å². The summed E-state index contributed by atoms with van der Waals surface area (Å²) in [6.45, 7) is 5.17. The molecule has 0 saturated carbocycles. The zero-order chi connectivity index (χ0) is 21.6. The lowest BCUT2D eigenvalue weighted by molar-refractivity contribution is 0.0248. The van der Waals surface area contributed by atoms with E-state index in [-0.39, 0.29) is 23.4 Å². The molecule has 10 heteroatoms. The number of hydrogen-bond donors (Lipinski definition) is 0. The maximum absolute atomic E-state index is 12.7. The van der Waals surface area contributed by atoms with Crippen molar-refractivity contribution in [3.05, 3.63) is 41.1 Å². The van der Waals surface area contributed by atoms with E-state index in [1.807, 2.05) is 6.07 Å². The maximum atomic E-state index is 12.7. The standard InChI is InChI=1S/C19H18N4O5S/c1-19(2,3)28-18(25)23-10-12-6-5-11(7-14(12)16(23)24)15-13(8-20)9-21-17(22-15)29(4,26)27/h5-7,9H,10H2,1-4H3. The number of carbonyl (C=O) groups excluding carboxylic acids is 2. The molecule has 0 saturated heterocycles. The number of sulfone groups is 1. The molecule has 0 radical (unpaired) electrons. The highest BCUT2D eigenvalue weighted by atomic mass is 32.2. The summed E-state index contributed by atoms with van der Waals surface area (Å²) in [5.74, 6) is -0.535. The summed E-state index contributed by atoms with van der Waals surface area (Å²) < 4.78 is 28.8. The smallest absolute Gasteiger partial charge is 0.417 e. The molecule has 0 N–H and O–H groups in total. The van der Waals surface area contributed by atoms with Crippen molar-refractivity contribution in [1.82, 2.24) is 14.9 Å². The molecule has 29 heavy (non-hydrogen) atoms. The Morgan fingerprint density at radius 2 is 2.00 bits per heavy atom. The first-order valence-electron chi connectivity index (χ1n) is 8.56. The molecule has 150 valence electrons. The van der Waals surface area contributed by atoms with Crippen LogP contribution in [0.4, 0.5) is 4.79 Å². The SMILES string of the molecule is CC(C)(C)OC(=O)N1Cc2ccc(-c3nc(S(C)(=O)=O)ncc3C#N)cc2C1=O. The van der Waals surface area contributed by atoms with E-state index in [0.29, 0.717) is 11.1 Å². The number of hydrogen-bond acceptors (Lipinski definition) is 8. The first-order valence-corrected chi connectivity index (χ1v) is 10.4. The quantitative estimate of drug-likeness (QED) is 0.684. The van der Waals surface area contributed by atoms with Gasteiger partial charge in [0.1, 0.15) is 11.7 Å². The van der Waals surface area contributed by atoms with Gasteiger partial charge in [-0.3, -0.25) is 4.79 Å². The molecule has 9 nitrogen and oxygen atoms in total. The number of imide groups is 1. The Labute approximate surface area is 167 Å². The molecule has 3 rings (SSSR count). The largest absolute Gasteiger partial charge is 0.443 e. The average Bonchev–Trinajstić information content (AvgIpc) is 2.95. The normalized spacial score (nSPS) is 13.8. The molecular weight excluding hydrogens is 396 g/mol. The van der Waals surface area contributed by atoms with Gasteiger partial charge in [0.25, 0.3) is 5.91 Å². The Balaban J connectivity index is 2.02. The van der Waals surface area contributed by atoms with E-state index >= 15 is 0 Å². The van der Waals surface area contributed by atoms with E-state index in [1.165, 1.54) is 6.07 Å². The van der Waals surface area contributed by atoms with Crippen molar-refractivity contribution >= 4 is 21.8 Å². The van der Waals surface area contributed by atoms with Crippen LogP contribution in [0.2, 0.25) is 0 Å². The van der Waals surface area contributed by atoms with Gasteiger partial charge in [0.2, 0.25) is 15.0 Å². The molecule has 2 heterocycles. The van der Waals surface area contributed by atoms with Crippen LogP contribution in [-0.2, 0) is 21.1 Å². The number of nitriles is 1. The Morgan fingerprint density at radius 3 is 2.59 bits per heavy atom. The second-order valence-corrected chi connectivity index (χ2v) is 9.45. The van der Waals surface area contributed by atoms with Crippen molar-refractivity contribution in [2.24, 2.45) is 0 Å². The number of aromatic nitrogens is 2. The highest BCUT2D eigenvalue weighted by Gasteiger charge is 2.35. The molecule has 1 aliphatic heterocycles. The number of ether oxygens (including phenoxy) is 1. The van der Waals surface area contributed by atoms with Gasteiger partial charge in [-0.15, -0.1) is 0 Å². The van der Waals surface area contributed by atoms with Crippen LogP contribution < -0.4 is 0 Å². The molecule has 0 fully saturated rings. The van der Waals surface area contributed by atoms with Gasteiger partial charge in [-0.2, -0.15) is 5.26 Å². The monoisotopic (exact) mass is 414 g/mol. The third kappa shape index (κ3) is 4.09. The Bertz CT molecular complexity index is 1180. The first-order chi connectivity index (χ1) is 13.4. The molecule has 0 aliphatic carbocycles. The Kier molecular flexibility index (Phi) is 4.88. The van der Waals surface area contributed by atoms with Crippen molar-refractivity contribution in [3.63, 3.8) is 0 Å². The lowest BCUT2D eigenvalue weighted by Gasteiger charge is -2.23. The van der Waals surface area contributed by atoms with E-state index in [2.05, 4.69) is 9.97 Å². The summed E-state index contributed by atoms with van der Waals surface area (Å²) in [7, 11) is -3.69. The van der Waals surface area contributed by atoms with Crippen molar-refractivity contribution in [2.45, 2.75) is 38.1 Å². The number of amides is 2. The van der Waals surface area contributed by atoms with Crippen LogP contribution in [0, 0.1) is 11.3 Å². The van der Waals surface area contributed by atoms with Gasteiger partial charge in [-0.1, -0.05) is 12.1 Å². The van der Waals surface area contributed by atoms with Crippen molar-refractivity contribution in [3.8, 4) is 17.3 Å². The lowest BCUT2D eigenvalue weighted by atomic mass is 10.0. The second-order valence-electron chi connectivity index (χ2n) is 7.54. The van der Waals surface area contributed by atoms with Crippen LogP contribution >= 0.6 is 0 Å². The Morgan fingerprint density at radius 1 is 1.31 bits per heavy atom. The topological polar surface area (TPSA) is 130 Å².